The molecule has 5 heteroatoms. The number of rotatable bonds is 3. The Kier molecular flexibility index (Phi) is 2.66. The molecule has 0 fully saturated rings. The van der Waals surface area contributed by atoms with E-state index in [1.807, 2.05) is 0 Å². The van der Waals surface area contributed by atoms with Crippen molar-refractivity contribution >= 4 is 11.1 Å². The highest BCUT2D eigenvalue weighted by atomic mass is 19.1. The van der Waals surface area contributed by atoms with Gasteiger partial charge in [0, 0.05) is 12.7 Å². The Balaban J connectivity index is 2.38. The lowest BCUT2D eigenvalue weighted by atomic mass is 10.2. The second-order valence-electron chi connectivity index (χ2n) is 3.28. The summed E-state index contributed by atoms with van der Waals surface area (Å²) in [7, 11) is 0. The summed E-state index contributed by atoms with van der Waals surface area (Å²) in [5.41, 5.74) is 6.64. The quantitative estimate of drug-likeness (QED) is 0.802. The first-order chi connectivity index (χ1) is 7.20. The molecule has 0 aliphatic heterocycles. The molecule has 0 saturated carbocycles. The van der Waals surface area contributed by atoms with E-state index < -0.39 is 6.04 Å². The van der Waals surface area contributed by atoms with Crippen LogP contribution in [-0.4, -0.2) is 16.7 Å². The average molecular weight is 210 g/mol. The van der Waals surface area contributed by atoms with Crippen molar-refractivity contribution in [1.82, 2.24) is 4.98 Å². The summed E-state index contributed by atoms with van der Waals surface area (Å²) in [4.78, 5) is 4.10. The van der Waals surface area contributed by atoms with Gasteiger partial charge >= 0.3 is 0 Å². The second-order valence-corrected chi connectivity index (χ2v) is 3.28. The predicted octanol–water partition coefficient (Wildman–Crippen LogP) is 1.35. The van der Waals surface area contributed by atoms with Crippen LogP contribution in [0.5, 0.6) is 0 Å². The molecule has 3 N–H and O–H groups in total. The van der Waals surface area contributed by atoms with E-state index in [2.05, 4.69) is 4.98 Å². The van der Waals surface area contributed by atoms with Crippen molar-refractivity contribution in [3.05, 3.63) is 29.9 Å². The van der Waals surface area contributed by atoms with Crippen LogP contribution in [0.3, 0.4) is 0 Å². The SMILES string of the molecule is NC(CCO)c1nc2ccc(F)cc2o1. The van der Waals surface area contributed by atoms with Crippen molar-refractivity contribution < 1.29 is 13.9 Å². The number of oxazole rings is 1. The summed E-state index contributed by atoms with van der Waals surface area (Å²) in [6.45, 7) is -0.0335. The van der Waals surface area contributed by atoms with Crippen molar-refractivity contribution in [1.29, 1.82) is 0 Å². The lowest BCUT2D eigenvalue weighted by molar-refractivity contribution is 0.268. The Morgan fingerprint density at radius 2 is 2.33 bits per heavy atom. The maximum atomic E-state index is 12.8. The molecule has 1 heterocycles. The minimum Gasteiger partial charge on any atom is -0.439 e. The zero-order chi connectivity index (χ0) is 10.8. The largest absolute Gasteiger partial charge is 0.439 e. The number of fused-ring (bicyclic) bond motifs is 1. The lowest BCUT2D eigenvalue weighted by Crippen LogP contribution is -2.11. The molecule has 0 aliphatic rings. The van der Waals surface area contributed by atoms with Gasteiger partial charge in [-0.05, 0) is 18.6 Å². The molecule has 15 heavy (non-hydrogen) atoms. The highest BCUT2D eigenvalue weighted by Crippen LogP contribution is 2.21. The summed E-state index contributed by atoms with van der Waals surface area (Å²) in [6.07, 6.45) is 0.370. The summed E-state index contributed by atoms with van der Waals surface area (Å²) in [5.74, 6) is -0.0504. The van der Waals surface area contributed by atoms with Crippen LogP contribution in [0.4, 0.5) is 4.39 Å². The zero-order valence-electron chi connectivity index (χ0n) is 7.98. The van der Waals surface area contributed by atoms with Gasteiger partial charge < -0.3 is 15.3 Å². The van der Waals surface area contributed by atoms with Crippen LogP contribution in [0.15, 0.2) is 22.6 Å². The molecule has 2 rings (SSSR count). The van der Waals surface area contributed by atoms with E-state index in [9.17, 15) is 4.39 Å². The van der Waals surface area contributed by atoms with Crippen LogP contribution in [-0.2, 0) is 0 Å². The Labute approximate surface area is 85.5 Å². The summed E-state index contributed by atoms with van der Waals surface area (Å²) < 4.78 is 18.1. The summed E-state index contributed by atoms with van der Waals surface area (Å²) in [5, 5.41) is 8.71. The number of hydrogen-bond acceptors (Lipinski definition) is 4. The highest BCUT2D eigenvalue weighted by molar-refractivity contribution is 5.72. The topological polar surface area (TPSA) is 72.3 Å². The standard InChI is InChI=1S/C10H11FN2O2/c11-6-1-2-8-9(5-6)15-10(13-8)7(12)3-4-14/h1-2,5,7,14H,3-4,12H2. The van der Waals surface area contributed by atoms with Crippen LogP contribution in [0.2, 0.25) is 0 Å². The van der Waals surface area contributed by atoms with Gasteiger partial charge in [-0.2, -0.15) is 0 Å². The Hall–Kier alpha value is -1.46. The van der Waals surface area contributed by atoms with Gasteiger partial charge in [0.1, 0.15) is 11.3 Å². The number of aromatic nitrogens is 1. The first-order valence-electron chi connectivity index (χ1n) is 4.63. The smallest absolute Gasteiger partial charge is 0.212 e. The van der Waals surface area contributed by atoms with Crippen LogP contribution >= 0.6 is 0 Å². The molecule has 1 unspecified atom stereocenters. The highest BCUT2D eigenvalue weighted by Gasteiger charge is 2.13. The number of aliphatic hydroxyl groups is 1. The number of hydrogen-bond donors (Lipinski definition) is 2. The third-order valence-electron chi connectivity index (χ3n) is 2.12. The predicted molar refractivity (Wildman–Crippen MR) is 52.6 cm³/mol. The molecule has 80 valence electrons. The Bertz CT molecular complexity index is 469. The molecule has 0 aliphatic carbocycles. The van der Waals surface area contributed by atoms with Gasteiger partial charge in [0.05, 0.1) is 6.04 Å². The van der Waals surface area contributed by atoms with Gasteiger partial charge in [-0.1, -0.05) is 0 Å². The number of benzene rings is 1. The van der Waals surface area contributed by atoms with Crippen LogP contribution in [0.25, 0.3) is 11.1 Å². The minimum absolute atomic E-state index is 0.0335. The number of nitrogens with two attached hydrogens (primary N) is 1. The fourth-order valence-corrected chi connectivity index (χ4v) is 1.34. The molecule has 1 atom stereocenters. The maximum absolute atomic E-state index is 12.8. The van der Waals surface area contributed by atoms with E-state index >= 15 is 0 Å². The summed E-state index contributed by atoms with van der Waals surface area (Å²) >= 11 is 0. The summed E-state index contributed by atoms with van der Waals surface area (Å²) in [6, 6.07) is 3.65. The van der Waals surface area contributed by atoms with Crippen molar-refractivity contribution in [2.45, 2.75) is 12.5 Å². The molecule has 0 amide bonds. The van der Waals surface area contributed by atoms with Crippen molar-refractivity contribution in [3.63, 3.8) is 0 Å². The van der Waals surface area contributed by atoms with Gasteiger partial charge in [0.2, 0.25) is 5.89 Å². The van der Waals surface area contributed by atoms with Crippen molar-refractivity contribution in [3.8, 4) is 0 Å². The van der Waals surface area contributed by atoms with Crippen LogP contribution < -0.4 is 5.73 Å². The fourth-order valence-electron chi connectivity index (χ4n) is 1.34. The van der Waals surface area contributed by atoms with Crippen LogP contribution in [0.1, 0.15) is 18.4 Å². The monoisotopic (exact) mass is 210 g/mol. The van der Waals surface area contributed by atoms with Gasteiger partial charge in [0.15, 0.2) is 5.58 Å². The number of halogens is 1. The third kappa shape index (κ3) is 1.98. The van der Waals surface area contributed by atoms with Gasteiger partial charge in [-0.15, -0.1) is 0 Å². The second kappa shape index (κ2) is 3.96. The molecule has 0 spiro atoms. The van der Waals surface area contributed by atoms with Crippen molar-refractivity contribution in [2.24, 2.45) is 5.73 Å². The van der Waals surface area contributed by atoms with E-state index in [0.717, 1.165) is 0 Å². The molecular weight excluding hydrogens is 199 g/mol. The molecule has 1 aromatic heterocycles. The lowest BCUT2D eigenvalue weighted by Gasteiger charge is -2.02. The van der Waals surface area contributed by atoms with Gasteiger partial charge in [-0.3, -0.25) is 0 Å². The number of aliphatic hydroxyl groups excluding tert-OH is 1. The minimum atomic E-state index is -0.453. The number of nitrogens with zero attached hydrogens (tertiary/aromatic N) is 1. The molecule has 4 nitrogen and oxygen atoms in total. The molecule has 0 radical (unpaired) electrons. The molecule has 0 bridgehead atoms. The first-order valence-corrected chi connectivity index (χ1v) is 4.63. The average Bonchev–Trinajstić information content (AvgIpc) is 2.60. The Morgan fingerprint density at radius 1 is 1.53 bits per heavy atom. The fraction of sp³-hybridized carbons (Fsp3) is 0.300. The van der Waals surface area contributed by atoms with Crippen LogP contribution in [0, 0.1) is 5.82 Å². The maximum Gasteiger partial charge on any atom is 0.212 e. The third-order valence-corrected chi connectivity index (χ3v) is 2.12. The molecule has 1 aromatic carbocycles. The normalized spacial score (nSPS) is 13.3. The van der Waals surface area contributed by atoms with Gasteiger partial charge in [-0.25, -0.2) is 9.37 Å². The molecule has 2 aromatic rings. The molecule has 0 saturated heterocycles. The Morgan fingerprint density at radius 3 is 3.07 bits per heavy atom. The van der Waals surface area contributed by atoms with Crippen molar-refractivity contribution in [2.75, 3.05) is 6.61 Å². The first kappa shape index (κ1) is 10.1. The van der Waals surface area contributed by atoms with E-state index in [-0.39, 0.29) is 12.4 Å². The van der Waals surface area contributed by atoms with E-state index in [4.69, 9.17) is 15.3 Å². The zero-order valence-corrected chi connectivity index (χ0v) is 7.98. The molecular formula is C10H11FN2O2. The van der Waals surface area contributed by atoms with E-state index in [0.29, 0.717) is 23.4 Å². The van der Waals surface area contributed by atoms with E-state index in [1.54, 1.807) is 0 Å². The van der Waals surface area contributed by atoms with Gasteiger partial charge in [0.25, 0.3) is 0 Å². The van der Waals surface area contributed by atoms with E-state index in [1.165, 1.54) is 18.2 Å².